The molecule has 1 rings (SSSR count). The van der Waals surface area contributed by atoms with Crippen LogP contribution in [0.25, 0.3) is 0 Å². The monoisotopic (exact) mass is 336 g/mol. The molecule has 0 aromatic heterocycles. The van der Waals surface area contributed by atoms with Gasteiger partial charge in [0, 0.05) is 19.5 Å². The van der Waals surface area contributed by atoms with E-state index >= 15 is 0 Å². The van der Waals surface area contributed by atoms with Gasteiger partial charge >= 0.3 is 0 Å². The zero-order valence-electron chi connectivity index (χ0n) is 16.9. The Balaban J connectivity index is 0. The van der Waals surface area contributed by atoms with Crippen molar-refractivity contribution in [3.8, 4) is 0 Å². The van der Waals surface area contributed by atoms with Crippen LogP contribution in [0.4, 0.5) is 0 Å². The molecule has 0 saturated carbocycles. The maximum atomic E-state index is 4.43. The van der Waals surface area contributed by atoms with Gasteiger partial charge in [0.2, 0.25) is 0 Å². The summed E-state index contributed by atoms with van der Waals surface area (Å²) in [5.41, 5.74) is 0. The van der Waals surface area contributed by atoms with Gasteiger partial charge in [-0.3, -0.25) is 5.01 Å². The van der Waals surface area contributed by atoms with E-state index in [1.54, 1.807) is 0 Å². The Kier molecular flexibility index (Phi) is 20.3. The minimum atomic E-state index is 0.489. The summed E-state index contributed by atoms with van der Waals surface area (Å²) in [5, 5.41) is 9.67. The predicted octanol–water partition coefficient (Wildman–Crippen LogP) is 4.90. The Morgan fingerprint density at radius 2 is 1.83 bits per heavy atom. The molecule has 0 unspecified atom stereocenters. The van der Waals surface area contributed by atoms with Crippen molar-refractivity contribution >= 4 is 12.6 Å². The van der Waals surface area contributed by atoms with Crippen LogP contribution >= 0.6 is 0 Å². The van der Waals surface area contributed by atoms with E-state index in [1.165, 1.54) is 12.8 Å². The normalized spacial score (nSPS) is 15.5. The fourth-order valence-corrected chi connectivity index (χ4v) is 2.02. The molecule has 1 aliphatic rings. The van der Waals surface area contributed by atoms with E-state index in [0.29, 0.717) is 5.92 Å². The van der Waals surface area contributed by atoms with Crippen LogP contribution in [0, 0.1) is 5.92 Å². The largest absolute Gasteiger partial charge is 0.317 e. The Morgan fingerprint density at radius 3 is 2.29 bits per heavy atom. The van der Waals surface area contributed by atoms with E-state index < -0.39 is 0 Å². The molecule has 1 N–H and O–H groups in total. The number of hydrazone groups is 1. The Morgan fingerprint density at radius 1 is 1.21 bits per heavy atom. The molecular formula is C20H40N4. The summed E-state index contributed by atoms with van der Waals surface area (Å²) in [5.74, 6) is 1.39. The number of nitrogens with one attached hydrogen (secondary N) is 1. The number of unbranched alkanes of at least 4 members (excludes halogenated alkanes) is 1. The summed E-state index contributed by atoms with van der Waals surface area (Å²) in [4.78, 5) is 4.03. The molecule has 0 aromatic carbocycles. The van der Waals surface area contributed by atoms with Crippen LogP contribution in [0.5, 0.6) is 0 Å². The Hall–Kier alpha value is -1.42. The number of amidine groups is 1. The second-order valence-electron chi connectivity index (χ2n) is 5.36. The highest BCUT2D eigenvalue weighted by molar-refractivity contribution is 5.88. The van der Waals surface area contributed by atoms with Gasteiger partial charge in [-0.1, -0.05) is 51.5 Å². The average molecular weight is 337 g/mol. The SMILES string of the molecule is C/C=C\C=C/CCC.C=N/C(=N\N(C)CC)C1CCNCC1.CC. The molecule has 0 amide bonds. The van der Waals surface area contributed by atoms with Crippen molar-refractivity contribution in [2.24, 2.45) is 16.0 Å². The van der Waals surface area contributed by atoms with Crippen molar-refractivity contribution in [1.29, 1.82) is 0 Å². The lowest BCUT2D eigenvalue weighted by atomic mass is 9.97. The van der Waals surface area contributed by atoms with Gasteiger partial charge in [-0.25, -0.2) is 4.99 Å². The number of piperidine rings is 1. The van der Waals surface area contributed by atoms with E-state index in [-0.39, 0.29) is 0 Å². The van der Waals surface area contributed by atoms with Crippen LogP contribution in [0.1, 0.15) is 60.3 Å². The first-order chi connectivity index (χ1) is 11.7. The summed E-state index contributed by atoms with van der Waals surface area (Å²) >= 11 is 0. The third kappa shape index (κ3) is 14.2. The number of nitrogens with zero attached hydrogens (tertiary/aromatic N) is 3. The molecule has 0 spiro atoms. The van der Waals surface area contributed by atoms with Crippen LogP contribution in [-0.2, 0) is 0 Å². The molecule has 1 saturated heterocycles. The van der Waals surface area contributed by atoms with Gasteiger partial charge in [-0.15, -0.1) is 0 Å². The van der Waals surface area contributed by atoms with Crippen LogP contribution < -0.4 is 5.32 Å². The maximum Gasteiger partial charge on any atom is 0.150 e. The fraction of sp³-hybridized carbons (Fsp3) is 0.700. The summed E-state index contributed by atoms with van der Waals surface area (Å²) in [6.45, 7) is 16.9. The minimum absolute atomic E-state index is 0.489. The van der Waals surface area contributed by atoms with E-state index in [2.05, 4.69) is 54.2 Å². The molecule has 0 aromatic rings. The minimum Gasteiger partial charge on any atom is -0.317 e. The zero-order chi connectivity index (χ0) is 18.6. The topological polar surface area (TPSA) is 40.0 Å². The smallest absolute Gasteiger partial charge is 0.150 e. The van der Waals surface area contributed by atoms with Gasteiger partial charge in [0.25, 0.3) is 0 Å². The van der Waals surface area contributed by atoms with Gasteiger partial charge in [-0.2, -0.15) is 5.10 Å². The van der Waals surface area contributed by atoms with Crippen molar-refractivity contribution < 1.29 is 0 Å². The van der Waals surface area contributed by atoms with Crippen molar-refractivity contribution in [3.05, 3.63) is 24.3 Å². The molecule has 1 fully saturated rings. The maximum absolute atomic E-state index is 4.43. The van der Waals surface area contributed by atoms with Crippen LogP contribution in [-0.4, -0.2) is 44.2 Å². The molecule has 1 heterocycles. The first kappa shape index (κ1) is 24.8. The summed E-state index contributed by atoms with van der Waals surface area (Å²) in [6, 6.07) is 0. The van der Waals surface area contributed by atoms with Gasteiger partial charge in [0.15, 0.2) is 5.84 Å². The van der Waals surface area contributed by atoms with Crippen molar-refractivity contribution in [2.75, 3.05) is 26.7 Å². The van der Waals surface area contributed by atoms with Gasteiger partial charge in [-0.05, 0) is 52.9 Å². The highest BCUT2D eigenvalue weighted by atomic mass is 15.4. The molecule has 24 heavy (non-hydrogen) atoms. The molecule has 0 radical (unpaired) electrons. The lowest BCUT2D eigenvalue weighted by Gasteiger charge is -2.23. The summed E-state index contributed by atoms with van der Waals surface area (Å²) < 4.78 is 0. The van der Waals surface area contributed by atoms with E-state index in [4.69, 9.17) is 0 Å². The second-order valence-corrected chi connectivity index (χ2v) is 5.36. The molecule has 4 heteroatoms. The average Bonchev–Trinajstić information content (AvgIpc) is 2.66. The number of rotatable bonds is 6. The molecular weight excluding hydrogens is 296 g/mol. The van der Waals surface area contributed by atoms with Gasteiger partial charge in [0.1, 0.15) is 0 Å². The first-order valence-electron chi connectivity index (χ1n) is 9.44. The predicted molar refractivity (Wildman–Crippen MR) is 111 cm³/mol. The van der Waals surface area contributed by atoms with Crippen LogP contribution in [0.2, 0.25) is 0 Å². The van der Waals surface area contributed by atoms with Gasteiger partial charge in [0.05, 0.1) is 0 Å². The van der Waals surface area contributed by atoms with Gasteiger partial charge < -0.3 is 5.32 Å². The van der Waals surface area contributed by atoms with Crippen molar-refractivity contribution in [3.63, 3.8) is 0 Å². The molecule has 0 aliphatic carbocycles. The molecule has 140 valence electrons. The molecule has 1 aliphatic heterocycles. The number of allylic oxidation sites excluding steroid dienone is 4. The first-order valence-corrected chi connectivity index (χ1v) is 9.44. The lowest BCUT2D eigenvalue weighted by molar-refractivity contribution is 0.364. The number of hydrogen-bond donors (Lipinski definition) is 1. The summed E-state index contributed by atoms with van der Waals surface area (Å²) in [6.07, 6.45) is 13.0. The molecule has 0 atom stereocenters. The van der Waals surface area contributed by atoms with Crippen molar-refractivity contribution in [1.82, 2.24) is 10.3 Å². The highest BCUT2D eigenvalue weighted by Gasteiger charge is 2.18. The Bertz CT molecular complexity index is 353. The van der Waals surface area contributed by atoms with Crippen LogP contribution in [0.3, 0.4) is 0 Å². The van der Waals surface area contributed by atoms with E-state index in [9.17, 15) is 0 Å². The lowest BCUT2D eigenvalue weighted by Crippen LogP contribution is -2.32. The third-order valence-electron chi connectivity index (χ3n) is 3.49. The Labute approximate surface area is 150 Å². The molecule has 4 nitrogen and oxygen atoms in total. The number of aliphatic imine (C=N–C) groups is 1. The zero-order valence-corrected chi connectivity index (χ0v) is 16.9. The summed E-state index contributed by atoms with van der Waals surface area (Å²) in [7, 11) is 1.96. The van der Waals surface area contributed by atoms with E-state index in [1.807, 2.05) is 38.9 Å². The second kappa shape index (κ2) is 19.6. The third-order valence-corrected chi connectivity index (χ3v) is 3.49. The standard InChI is InChI=1S/C10H20N4.C8H14.C2H6/c1-4-14(3)13-10(11-2)9-5-7-12-8-6-9;1-3-5-7-8-6-4-2;1-2/h9,12H,2,4-8H2,1,3H3;3,5,7-8H,4,6H2,1-2H3;1-2H3/b13-10-;5-3-,8-7-;. The number of hydrogen-bond acceptors (Lipinski definition) is 3. The molecule has 0 bridgehead atoms. The van der Waals surface area contributed by atoms with Crippen LogP contribution in [0.15, 0.2) is 34.4 Å². The van der Waals surface area contributed by atoms with Crippen molar-refractivity contribution in [2.45, 2.75) is 60.3 Å². The fourth-order valence-electron chi connectivity index (χ4n) is 2.02. The van der Waals surface area contributed by atoms with E-state index in [0.717, 1.165) is 38.3 Å². The quantitative estimate of drug-likeness (QED) is 0.324. The highest BCUT2D eigenvalue weighted by Crippen LogP contribution is 2.14.